The number of rotatable bonds is 14. The summed E-state index contributed by atoms with van der Waals surface area (Å²) < 4.78 is 16.7. The molecule has 0 bridgehead atoms. The second-order valence-electron chi connectivity index (χ2n) is 7.71. The van der Waals surface area contributed by atoms with Gasteiger partial charge in [-0.05, 0) is 63.1 Å². The van der Waals surface area contributed by atoms with Gasteiger partial charge in [0, 0.05) is 11.1 Å². The lowest BCUT2D eigenvalue weighted by molar-refractivity contribution is 0.300. The lowest BCUT2D eigenvalue weighted by Crippen LogP contribution is -1.98. The van der Waals surface area contributed by atoms with Crippen LogP contribution in [-0.4, -0.2) is 20.3 Å². The summed E-state index contributed by atoms with van der Waals surface area (Å²) in [5.41, 5.74) is 2.50. The third-order valence-corrected chi connectivity index (χ3v) is 5.20. The molecule has 0 atom stereocenters. The summed E-state index contributed by atoms with van der Waals surface area (Å²) in [5, 5.41) is 9.01. The fourth-order valence-corrected chi connectivity index (χ4v) is 3.47. The first-order chi connectivity index (χ1) is 14.6. The number of methoxy groups -OCH3 is 1. The first-order valence-electron chi connectivity index (χ1n) is 11.0. The van der Waals surface area contributed by atoms with Crippen molar-refractivity contribution < 1.29 is 14.2 Å². The highest BCUT2D eigenvalue weighted by Gasteiger charge is 2.15. The van der Waals surface area contributed by atoms with E-state index in [-0.39, 0.29) is 0 Å². The molecule has 0 fully saturated rings. The Hall–Kier alpha value is -2.74. The Bertz CT molecular complexity index is 774. The van der Waals surface area contributed by atoms with E-state index in [4.69, 9.17) is 19.6 Å². The Morgan fingerprint density at radius 3 is 1.57 bits per heavy atom. The van der Waals surface area contributed by atoms with Crippen molar-refractivity contribution in [2.75, 3.05) is 20.3 Å². The first kappa shape index (κ1) is 23.5. The molecule has 5 nitrogen and oxygen atoms in total. The predicted octanol–water partition coefficient (Wildman–Crippen LogP) is 7.38. The number of diazo groups is 1. The van der Waals surface area contributed by atoms with Crippen LogP contribution in [0.3, 0.4) is 0 Å². The van der Waals surface area contributed by atoms with Crippen LogP contribution in [0.2, 0.25) is 0 Å². The molecule has 2 aromatic carbocycles. The van der Waals surface area contributed by atoms with Crippen LogP contribution in [0.1, 0.15) is 62.5 Å². The maximum Gasteiger partial charge on any atom is 0.391 e. The van der Waals surface area contributed by atoms with Crippen LogP contribution >= 0.6 is 0 Å². The highest BCUT2D eigenvalue weighted by Crippen LogP contribution is 2.28. The molecule has 0 heterocycles. The summed E-state index contributed by atoms with van der Waals surface area (Å²) in [6.45, 7) is 5.37. The monoisotopic (exact) mass is 411 g/mol. The van der Waals surface area contributed by atoms with Crippen LogP contribution in [0, 0.1) is 19.2 Å². The lowest BCUT2D eigenvalue weighted by Gasteiger charge is -2.08. The molecule has 2 rings (SSSR count). The Balaban J connectivity index is 1.43. The molecule has 0 aliphatic rings. The predicted molar refractivity (Wildman–Crippen MR) is 122 cm³/mol. The molecule has 0 radical (unpaired) electrons. The highest BCUT2D eigenvalue weighted by molar-refractivity contribution is 5.59. The van der Waals surface area contributed by atoms with Gasteiger partial charge in [-0.3, -0.25) is 0 Å². The van der Waals surface area contributed by atoms with Crippen molar-refractivity contribution in [1.82, 2.24) is 0 Å². The number of hydrogen-bond acceptors (Lipinski definition) is 4. The topological polar surface area (TPSA) is 55.8 Å². The molecule has 162 valence electrons. The standard InChI is InChI=1S/C25H35N2O3/c1-20-18-24(19-21(2)25(20)27-26)30-17-11-9-7-5-4-6-8-10-16-29-23-14-12-22(28-3)13-15-23/h12-15,18-19H,4-11,16-17H2,1-3H3/q+1. The number of nitrogens with zero attached hydrogens (tertiary/aromatic N) is 2. The number of hydrogen-bond donors (Lipinski definition) is 0. The zero-order chi connectivity index (χ0) is 21.6. The minimum Gasteiger partial charge on any atom is -0.497 e. The smallest absolute Gasteiger partial charge is 0.391 e. The molecule has 0 saturated heterocycles. The molecule has 0 aromatic heterocycles. The van der Waals surface area contributed by atoms with E-state index in [2.05, 4.69) is 4.98 Å². The maximum atomic E-state index is 9.01. The third-order valence-electron chi connectivity index (χ3n) is 5.20. The van der Waals surface area contributed by atoms with Crippen LogP contribution in [0.4, 0.5) is 5.69 Å². The van der Waals surface area contributed by atoms with Crippen LogP contribution < -0.4 is 14.2 Å². The van der Waals surface area contributed by atoms with Crippen molar-refractivity contribution in [2.45, 2.75) is 65.2 Å². The largest absolute Gasteiger partial charge is 0.497 e. The van der Waals surface area contributed by atoms with Gasteiger partial charge in [-0.2, -0.15) is 0 Å². The molecular formula is C25H35N2O3+. The van der Waals surface area contributed by atoms with E-state index in [0.29, 0.717) is 5.69 Å². The molecule has 5 heteroatoms. The SMILES string of the molecule is COc1ccc(OCCCCCCCCCCOc2cc(C)c([N+]#N)c(C)c2)cc1. The number of aryl methyl sites for hydroxylation is 2. The van der Waals surface area contributed by atoms with Crippen LogP contribution in [-0.2, 0) is 0 Å². The fourth-order valence-electron chi connectivity index (χ4n) is 3.47. The van der Waals surface area contributed by atoms with E-state index >= 15 is 0 Å². The van der Waals surface area contributed by atoms with Crippen molar-refractivity contribution >= 4 is 5.69 Å². The average molecular weight is 412 g/mol. The van der Waals surface area contributed by atoms with Gasteiger partial charge in [0.05, 0.1) is 20.3 Å². The molecule has 0 aliphatic carbocycles. The van der Waals surface area contributed by atoms with E-state index in [9.17, 15) is 0 Å². The molecule has 0 aliphatic heterocycles. The molecule has 0 spiro atoms. The van der Waals surface area contributed by atoms with Gasteiger partial charge in [0.2, 0.25) is 5.39 Å². The van der Waals surface area contributed by atoms with Gasteiger partial charge in [0.1, 0.15) is 17.2 Å². The second-order valence-corrected chi connectivity index (χ2v) is 7.71. The number of ether oxygens (including phenoxy) is 3. The van der Waals surface area contributed by atoms with E-state index in [0.717, 1.165) is 54.4 Å². The van der Waals surface area contributed by atoms with Gasteiger partial charge in [0.25, 0.3) is 0 Å². The van der Waals surface area contributed by atoms with Gasteiger partial charge >= 0.3 is 5.69 Å². The molecule has 0 unspecified atom stereocenters. The Morgan fingerprint density at radius 2 is 1.10 bits per heavy atom. The highest BCUT2D eigenvalue weighted by atomic mass is 16.5. The molecular weight excluding hydrogens is 376 g/mol. The van der Waals surface area contributed by atoms with E-state index in [1.54, 1.807) is 7.11 Å². The van der Waals surface area contributed by atoms with Gasteiger partial charge < -0.3 is 14.2 Å². The third kappa shape index (κ3) is 8.32. The minimum absolute atomic E-state index is 0.634. The quantitative estimate of drug-likeness (QED) is 0.240. The zero-order valence-corrected chi connectivity index (χ0v) is 18.7. The van der Waals surface area contributed by atoms with Crippen molar-refractivity contribution in [3.05, 3.63) is 52.5 Å². The normalized spacial score (nSPS) is 10.5. The molecule has 0 saturated carbocycles. The molecule has 2 aromatic rings. The van der Waals surface area contributed by atoms with Crippen LogP contribution in [0.25, 0.3) is 4.98 Å². The van der Waals surface area contributed by atoms with Crippen LogP contribution in [0.15, 0.2) is 36.4 Å². The van der Waals surface area contributed by atoms with E-state index < -0.39 is 0 Å². The van der Waals surface area contributed by atoms with Gasteiger partial charge in [-0.15, -0.1) is 0 Å². The van der Waals surface area contributed by atoms with Gasteiger partial charge in [0.15, 0.2) is 4.98 Å². The number of unbranched alkanes of at least 4 members (excludes halogenated alkanes) is 7. The molecule has 0 amide bonds. The van der Waals surface area contributed by atoms with Crippen molar-refractivity contribution in [1.29, 1.82) is 5.39 Å². The first-order valence-corrected chi connectivity index (χ1v) is 11.0. The average Bonchev–Trinajstić information content (AvgIpc) is 2.74. The van der Waals surface area contributed by atoms with Crippen molar-refractivity contribution in [3.63, 3.8) is 0 Å². The Kier molecular flexibility index (Phi) is 10.6. The Labute approximate surface area is 181 Å². The van der Waals surface area contributed by atoms with Gasteiger partial charge in [-0.1, -0.05) is 38.5 Å². The van der Waals surface area contributed by atoms with Gasteiger partial charge in [-0.25, -0.2) is 0 Å². The van der Waals surface area contributed by atoms with E-state index in [1.807, 2.05) is 50.2 Å². The van der Waals surface area contributed by atoms with Crippen molar-refractivity contribution in [2.24, 2.45) is 0 Å². The van der Waals surface area contributed by atoms with Crippen LogP contribution in [0.5, 0.6) is 17.2 Å². The summed E-state index contributed by atoms with van der Waals surface area (Å²) in [4.78, 5) is 3.33. The minimum atomic E-state index is 0.634. The van der Waals surface area contributed by atoms with Crippen molar-refractivity contribution in [3.8, 4) is 17.2 Å². The number of benzene rings is 2. The molecule has 30 heavy (non-hydrogen) atoms. The molecule has 0 N–H and O–H groups in total. The summed E-state index contributed by atoms with van der Waals surface area (Å²) in [6.07, 6.45) is 9.67. The van der Waals surface area contributed by atoms with E-state index in [1.165, 1.54) is 38.5 Å². The zero-order valence-electron chi connectivity index (χ0n) is 18.7. The summed E-state index contributed by atoms with van der Waals surface area (Å²) in [5.74, 6) is 2.61. The Morgan fingerprint density at radius 1 is 0.667 bits per heavy atom. The summed E-state index contributed by atoms with van der Waals surface area (Å²) >= 11 is 0. The lowest BCUT2D eigenvalue weighted by atomic mass is 10.1. The summed E-state index contributed by atoms with van der Waals surface area (Å²) in [6, 6.07) is 11.6. The maximum absolute atomic E-state index is 9.01. The second kappa shape index (κ2) is 13.5. The fraction of sp³-hybridized carbons (Fsp3) is 0.520. The summed E-state index contributed by atoms with van der Waals surface area (Å²) in [7, 11) is 1.67.